The number of unbranched alkanes of at least 4 members (excludes halogenated alkanes) is 34. The molecule has 0 aromatic carbocycles. The van der Waals surface area contributed by atoms with Gasteiger partial charge in [-0.3, -0.25) is 4.79 Å². The van der Waals surface area contributed by atoms with Crippen LogP contribution in [-0.4, -0.2) is 193 Å². The molecule has 97 heavy (non-hydrogen) atoms. The van der Waals surface area contributed by atoms with Crippen LogP contribution in [0.1, 0.15) is 284 Å². The van der Waals surface area contributed by atoms with Gasteiger partial charge in [-0.2, -0.15) is 0 Å². The van der Waals surface area contributed by atoms with Gasteiger partial charge in [0.25, 0.3) is 0 Å². The zero-order chi connectivity index (χ0) is 70.4. The Hall–Kier alpha value is -2.77. The topological polar surface area (TPSA) is 307 Å². The van der Waals surface area contributed by atoms with Gasteiger partial charge in [-0.05, 0) is 70.6 Å². The first-order valence-electron chi connectivity index (χ1n) is 38.7. The van der Waals surface area contributed by atoms with E-state index in [-0.39, 0.29) is 18.9 Å². The van der Waals surface area contributed by atoms with Crippen molar-refractivity contribution in [3.05, 3.63) is 72.9 Å². The average Bonchev–Trinajstić information content (AvgIpc) is 0.790. The zero-order valence-electron chi connectivity index (χ0n) is 60.0. The van der Waals surface area contributed by atoms with E-state index in [4.69, 9.17) is 28.4 Å². The van der Waals surface area contributed by atoms with Crippen molar-refractivity contribution >= 4 is 5.91 Å². The molecule has 1 amide bonds. The Bertz CT molecular complexity index is 2040. The largest absolute Gasteiger partial charge is 0.394 e. The maximum absolute atomic E-state index is 13.5. The molecule has 0 aliphatic carbocycles. The Morgan fingerprint density at radius 2 is 0.722 bits per heavy atom. The van der Waals surface area contributed by atoms with Crippen molar-refractivity contribution in [2.24, 2.45) is 0 Å². The summed E-state index contributed by atoms with van der Waals surface area (Å²) >= 11 is 0. The predicted octanol–water partition coefficient (Wildman–Crippen LogP) is 12.1. The number of ether oxygens (including phenoxy) is 6. The first kappa shape index (κ1) is 88.4. The molecule has 17 unspecified atom stereocenters. The van der Waals surface area contributed by atoms with Crippen molar-refractivity contribution < 1.29 is 89.4 Å². The van der Waals surface area contributed by atoms with Gasteiger partial charge in [-0.25, -0.2) is 0 Å². The highest BCUT2D eigenvalue weighted by Crippen LogP contribution is 2.33. The number of carbonyl (C=O) groups excluding carboxylic acids is 1. The molecule has 0 saturated carbocycles. The molecular weight excluding hydrogens is 1240 g/mol. The average molecular weight is 1380 g/mol. The summed E-state index contributed by atoms with van der Waals surface area (Å²) in [6, 6.07) is -0.995. The van der Waals surface area contributed by atoms with E-state index in [1.54, 1.807) is 6.08 Å². The monoisotopic (exact) mass is 1380 g/mol. The van der Waals surface area contributed by atoms with Crippen molar-refractivity contribution in [3.63, 3.8) is 0 Å². The SMILES string of the molecule is CC/C=C\C/C=C\C/C=C\C/C=C\CCCCCCCCCCCCCCCCC(=O)NC(COC1OC(CO)C(OC2OC(CO)C(OC3OC(CO)C(O)C(O)C3O)C(O)C2O)C(O)C1O)C(O)/C=C/CC/C=C/CCCCCCCCCCCCCCCCCCCCC. The van der Waals surface area contributed by atoms with Crippen LogP contribution in [0.2, 0.25) is 0 Å². The molecule has 3 fully saturated rings. The Morgan fingerprint density at radius 3 is 1.15 bits per heavy atom. The Morgan fingerprint density at radius 1 is 0.381 bits per heavy atom. The van der Waals surface area contributed by atoms with E-state index in [1.807, 2.05) is 6.08 Å². The van der Waals surface area contributed by atoms with E-state index in [2.05, 4.69) is 79.9 Å². The van der Waals surface area contributed by atoms with Crippen LogP contribution in [0.5, 0.6) is 0 Å². The number of allylic oxidation sites excluding steroid dienone is 11. The molecule has 12 N–H and O–H groups in total. The highest BCUT2D eigenvalue weighted by molar-refractivity contribution is 5.76. The van der Waals surface area contributed by atoms with Crippen molar-refractivity contribution in [1.29, 1.82) is 0 Å². The van der Waals surface area contributed by atoms with E-state index in [0.29, 0.717) is 12.8 Å². The third-order valence-corrected chi connectivity index (χ3v) is 19.0. The molecule has 3 saturated heterocycles. The second kappa shape index (κ2) is 58.7. The standard InChI is InChI=1S/C78H139NO18/c1-3-5-7-9-11-13-15-17-19-21-23-25-27-29-30-32-34-36-38-40-42-44-46-48-50-52-54-56-66(84)79-61(62(83)55-53-51-49-47-45-43-41-39-37-35-33-31-28-26-24-22-20-18-16-14-12-10-8-6-4-2)60-92-76-72(90)69(87)74(64(58-81)94-76)97-78-73(91)70(88)75(65(59-82)95-78)96-77-71(89)68(86)67(85)63(57-80)93-77/h5,7,11,13,17,19,23,25,45,47,53,55,61-65,67-78,80-83,85-91H,3-4,6,8-10,12,14-16,18,20-22,24,26-44,46,48-52,54,56-60H2,1-2H3,(H,79,84)/b7-5-,13-11-,19-17-,25-23-,47-45+,55-53+. The van der Waals surface area contributed by atoms with Gasteiger partial charge in [-0.1, -0.05) is 279 Å². The van der Waals surface area contributed by atoms with Crippen LogP contribution in [0.3, 0.4) is 0 Å². The fourth-order valence-corrected chi connectivity index (χ4v) is 12.8. The van der Waals surface area contributed by atoms with E-state index in [1.165, 1.54) is 180 Å². The van der Waals surface area contributed by atoms with Crippen LogP contribution < -0.4 is 5.32 Å². The van der Waals surface area contributed by atoms with Gasteiger partial charge in [0.05, 0.1) is 38.6 Å². The van der Waals surface area contributed by atoms with Gasteiger partial charge in [0.1, 0.15) is 73.2 Å². The Balaban J connectivity index is 1.41. The smallest absolute Gasteiger partial charge is 0.220 e. The summed E-state index contributed by atoms with van der Waals surface area (Å²) in [5, 5.41) is 121. The molecule has 0 aromatic rings. The molecule has 3 aliphatic heterocycles. The van der Waals surface area contributed by atoms with Crippen molar-refractivity contribution in [2.75, 3.05) is 26.4 Å². The molecular formula is C78H139NO18. The van der Waals surface area contributed by atoms with E-state index in [0.717, 1.165) is 70.6 Å². The summed E-state index contributed by atoms with van der Waals surface area (Å²) in [5.74, 6) is -0.285. The third kappa shape index (κ3) is 39.5. The van der Waals surface area contributed by atoms with Gasteiger partial charge >= 0.3 is 0 Å². The van der Waals surface area contributed by atoms with Crippen LogP contribution in [-0.2, 0) is 33.2 Å². The molecule has 3 aliphatic rings. The van der Waals surface area contributed by atoms with Gasteiger partial charge in [0.2, 0.25) is 5.91 Å². The quantitative estimate of drug-likeness (QED) is 0.0199. The summed E-state index contributed by atoms with van der Waals surface area (Å²) in [6.07, 6.45) is 48.8. The zero-order valence-corrected chi connectivity index (χ0v) is 60.0. The normalized spacial score (nSPS) is 27.3. The van der Waals surface area contributed by atoms with Gasteiger partial charge in [-0.15, -0.1) is 0 Å². The number of aliphatic hydroxyl groups excluding tert-OH is 11. The lowest BCUT2D eigenvalue weighted by Gasteiger charge is -2.48. The van der Waals surface area contributed by atoms with E-state index < -0.39 is 124 Å². The number of rotatable bonds is 60. The van der Waals surface area contributed by atoms with Gasteiger partial charge in [0, 0.05) is 6.42 Å². The lowest BCUT2D eigenvalue weighted by Crippen LogP contribution is -2.66. The molecule has 19 heteroatoms. The summed E-state index contributed by atoms with van der Waals surface area (Å²) in [5.41, 5.74) is 0. The van der Waals surface area contributed by atoms with Gasteiger partial charge < -0.3 is 89.9 Å². The van der Waals surface area contributed by atoms with Crippen LogP contribution in [0, 0.1) is 0 Å². The third-order valence-electron chi connectivity index (χ3n) is 19.0. The fraction of sp³-hybridized carbons (Fsp3) is 0.833. The van der Waals surface area contributed by atoms with Crippen LogP contribution in [0.4, 0.5) is 0 Å². The first-order chi connectivity index (χ1) is 47.3. The van der Waals surface area contributed by atoms with Crippen molar-refractivity contribution in [3.8, 4) is 0 Å². The first-order valence-corrected chi connectivity index (χ1v) is 38.7. The predicted molar refractivity (Wildman–Crippen MR) is 383 cm³/mol. The second-order valence-electron chi connectivity index (χ2n) is 27.4. The minimum atomic E-state index is -1.98. The maximum atomic E-state index is 13.5. The molecule has 17 atom stereocenters. The van der Waals surface area contributed by atoms with Crippen LogP contribution in [0.25, 0.3) is 0 Å². The molecule has 3 rings (SSSR count). The number of aliphatic hydroxyl groups is 11. The lowest BCUT2D eigenvalue weighted by atomic mass is 9.96. The molecule has 0 radical (unpaired) electrons. The van der Waals surface area contributed by atoms with Crippen molar-refractivity contribution in [1.82, 2.24) is 5.32 Å². The van der Waals surface area contributed by atoms with Crippen LogP contribution in [0.15, 0.2) is 72.9 Å². The Kier molecular flexibility index (Phi) is 53.5. The second-order valence-corrected chi connectivity index (χ2v) is 27.4. The van der Waals surface area contributed by atoms with Crippen LogP contribution >= 0.6 is 0 Å². The maximum Gasteiger partial charge on any atom is 0.220 e. The van der Waals surface area contributed by atoms with E-state index >= 15 is 0 Å². The summed E-state index contributed by atoms with van der Waals surface area (Å²) < 4.78 is 34.4. The molecule has 0 spiro atoms. The van der Waals surface area contributed by atoms with Gasteiger partial charge in [0.15, 0.2) is 18.9 Å². The molecule has 0 bridgehead atoms. The minimum Gasteiger partial charge on any atom is -0.394 e. The van der Waals surface area contributed by atoms with Crippen molar-refractivity contribution in [2.45, 2.75) is 388 Å². The minimum absolute atomic E-state index is 0.232. The number of hydrogen-bond donors (Lipinski definition) is 12. The number of amides is 1. The summed E-state index contributed by atoms with van der Waals surface area (Å²) in [6.45, 7) is 1.63. The highest BCUT2D eigenvalue weighted by Gasteiger charge is 2.53. The highest BCUT2D eigenvalue weighted by atomic mass is 16.8. The number of carbonyl (C=O) groups is 1. The number of hydrogen-bond acceptors (Lipinski definition) is 18. The molecule has 3 heterocycles. The number of nitrogens with one attached hydrogen (secondary N) is 1. The molecule has 19 nitrogen and oxygen atoms in total. The summed E-state index contributed by atoms with van der Waals surface area (Å²) in [4.78, 5) is 13.5. The molecule has 564 valence electrons. The molecule has 0 aromatic heterocycles. The summed E-state index contributed by atoms with van der Waals surface area (Å²) in [7, 11) is 0. The fourth-order valence-electron chi connectivity index (χ4n) is 12.8. The van der Waals surface area contributed by atoms with E-state index in [9.17, 15) is 61.0 Å². The lowest BCUT2D eigenvalue weighted by molar-refractivity contribution is -0.379. The Labute approximate surface area is 585 Å².